The van der Waals surface area contributed by atoms with Gasteiger partial charge in [0.1, 0.15) is 11.5 Å². The Bertz CT molecular complexity index is 348. The smallest absolute Gasteiger partial charge is 0.270 e. The van der Waals surface area contributed by atoms with Crippen LogP contribution in [0.1, 0.15) is 10.5 Å². The van der Waals surface area contributed by atoms with E-state index in [1.54, 1.807) is 12.2 Å². The van der Waals surface area contributed by atoms with Crippen molar-refractivity contribution in [2.45, 2.75) is 0 Å². The van der Waals surface area contributed by atoms with E-state index in [0.717, 1.165) is 6.20 Å². The fourth-order valence-electron chi connectivity index (χ4n) is 0.932. The Morgan fingerprint density at radius 3 is 2.93 bits per heavy atom. The number of nitrogens with one attached hydrogen (secondary N) is 1. The topological polar surface area (TPSA) is 68.0 Å². The molecule has 0 unspecified atom stereocenters. The lowest BCUT2D eigenvalue weighted by atomic mass is 10.3. The number of nitrogens with zero attached hydrogens (tertiary/aromatic N) is 1. The first-order valence-electron chi connectivity index (χ1n) is 4.49. The molecule has 0 fully saturated rings. The van der Waals surface area contributed by atoms with Gasteiger partial charge in [0.15, 0.2) is 0 Å². The number of hydrogen-bond acceptors (Lipinski definition) is 3. The first-order valence-corrected chi connectivity index (χ1v) is 4.49. The van der Waals surface area contributed by atoms with E-state index >= 15 is 0 Å². The molecule has 1 amide bonds. The molecule has 0 aliphatic rings. The number of rotatable bonds is 4. The number of carbonyl (C=O) groups excluding carboxylic acids is 1. The van der Waals surface area contributed by atoms with Crippen molar-refractivity contribution >= 4 is 5.91 Å². The molecule has 0 spiro atoms. The monoisotopic (exact) mass is 209 g/mol. The van der Waals surface area contributed by atoms with Gasteiger partial charge in [-0.1, -0.05) is 12.2 Å². The van der Waals surface area contributed by atoms with Crippen molar-refractivity contribution in [2.75, 3.05) is 13.1 Å². The van der Waals surface area contributed by atoms with Gasteiger partial charge in [-0.2, -0.15) is 0 Å². The van der Waals surface area contributed by atoms with Crippen LogP contribution in [0.2, 0.25) is 0 Å². The van der Waals surface area contributed by atoms with Crippen molar-refractivity contribution in [2.24, 2.45) is 5.73 Å². The SMILES string of the molecule is NC/C=C/CNC(=O)c1ccc(F)cn1. The van der Waals surface area contributed by atoms with Gasteiger partial charge >= 0.3 is 0 Å². The van der Waals surface area contributed by atoms with Gasteiger partial charge in [0.25, 0.3) is 5.91 Å². The average molecular weight is 209 g/mol. The quantitative estimate of drug-likeness (QED) is 0.708. The maximum atomic E-state index is 12.5. The molecule has 4 nitrogen and oxygen atoms in total. The van der Waals surface area contributed by atoms with Crippen LogP contribution in [0.25, 0.3) is 0 Å². The molecule has 80 valence electrons. The van der Waals surface area contributed by atoms with Gasteiger partial charge in [-0.15, -0.1) is 0 Å². The van der Waals surface area contributed by atoms with Crippen molar-refractivity contribution < 1.29 is 9.18 Å². The molecule has 0 aromatic carbocycles. The molecular formula is C10H12FN3O. The van der Waals surface area contributed by atoms with Crippen molar-refractivity contribution in [3.8, 4) is 0 Å². The Morgan fingerprint density at radius 2 is 2.33 bits per heavy atom. The minimum Gasteiger partial charge on any atom is -0.347 e. The Labute approximate surface area is 87.0 Å². The van der Waals surface area contributed by atoms with E-state index in [1.165, 1.54) is 12.1 Å². The molecule has 1 aromatic heterocycles. The summed E-state index contributed by atoms with van der Waals surface area (Å²) in [5.74, 6) is -0.800. The predicted octanol–water partition coefficient (Wildman–Crippen LogP) is 0.465. The third-order valence-electron chi connectivity index (χ3n) is 1.64. The second-order valence-corrected chi connectivity index (χ2v) is 2.78. The summed E-state index contributed by atoms with van der Waals surface area (Å²) in [6.07, 6.45) is 4.48. The third kappa shape index (κ3) is 3.86. The highest BCUT2D eigenvalue weighted by Gasteiger charge is 2.04. The van der Waals surface area contributed by atoms with Crippen molar-refractivity contribution in [3.05, 3.63) is 42.0 Å². The summed E-state index contributed by atoms with van der Waals surface area (Å²) in [5.41, 5.74) is 5.41. The lowest BCUT2D eigenvalue weighted by Crippen LogP contribution is -2.24. The van der Waals surface area contributed by atoms with Crippen LogP contribution in [-0.4, -0.2) is 24.0 Å². The number of amides is 1. The molecule has 0 saturated heterocycles. The minimum absolute atomic E-state index is 0.192. The molecule has 1 heterocycles. The summed E-state index contributed by atoms with van der Waals surface area (Å²) in [6.45, 7) is 0.819. The maximum Gasteiger partial charge on any atom is 0.270 e. The molecule has 3 N–H and O–H groups in total. The standard InChI is InChI=1S/C10H12FN3O/c11-8-3-4-9(14-7-8)10(15)13-6-2-1-5-12/h1-4,7H,5-6,12H2,(H,13,15)/b2-1+. The van der Waals surface area contributed by atoms with Crippen molar-refractivity contribution in [1.29, 1.82) is 0 Å². The number of carbonyl (C=O) groups is 1. The second-order valence-electron chi connectivity index (χ2n) is 2.78. The van der Waals surface area contributed by atoms with Crippen molar-refractivity contribution in [1.82, 2.24) is 10.3 Å². The fraction of sp³-hybridized carbons (Fsp3) is 0.200. The van der Waals surface area contributed by atoms with E-state index in [4.69, 9.17) is 5.73 Å². The van der Waals surface area contributed by atoms with Gasteiger partial charge in [0.2, 0.25) is 0 Å². The van der Waals surface area contributed by atoms with Gasteiger partial charge in [0.05, 0.1) is 6.20 Å². The molecule has 0 saturated carbocycles. The highest BCUT2D eigenvalue weighted by Crippen LogP contribution is 1.97. The number of halogens is 1. The number of nitrogens with two attached hydrogens (primary N) is 1. The van der Waals surface area contributed by atoms with Crippen LogP contribution in [0, 0.1) is 5.82 Å². The number of aromatic nitrogens is 1. The van der Waals surface area contributed by atoms with E-state index in [9.17, 15) is 9.18 Å². The van der Waals surface area contributed by atoms with E-state index in [0.29, 0.717) is 13.1 Å². The van der Waals surface area contributed by atoms with Crippen molar-refractivity contribution in [3.63, 3.8) is 0 Å². The second kappa shape index (κ2) is 5.87. The molecular weight excluding hydrogens is 197 g/mol. The van der Waals surface area contributed by atoms with Gasteiger partial charge in [0, 0.05) is 13.1 Å². The fourth-order valence-corrected chi connectivity index (χ4v) is 0.932. The normalized spacial score (nSPS) is 10.5. The third-order valence-corrected chi connectivity index (χ3v) is 1.64. The van der Waals surface area contributed by atoms with Crippen LogP contribution < -0.4 is 11.1 Å². The Balaban J connectivity index is 2.47. The van der Waals surface area contributed by atoms with Crippen LogP contribution in [0.3, 0.4) is 0 Å². The van der Waals surface area contributed by atoms with Gasteiger partial charge in [-0.25, -0.2) is 9.37 Å². The Hall–Kier alpha value is -1.75. The van der Waals surface area contributed by atoms with E-state index in [2.05, 4.69) is 10.3 Å². The largest absolute Gasteiger partial charge is 0.347 e. The molecule has 0 radical (unpaired) electrons. The molecule has 0 atom stereocenters. The van der Waals surface area contributed by atoms with E-state index in [1.807, 2.05) is 0 Å². The summed E-state index contributed by atoms with van der Waals surface area (Å²) in [4.78, 5) is 15.0. The highest BCUT2D eigenvalue weighted by atomic mass is 19.1. The van der Waals surface area contributed by atoms with Crippen LogP contribution in [0.15, 0.2) is 30.5 Å². The van der Waals surface area contributed by atoms with Crippen LogP contribution in [-0.2, 0) is 0 Å². The van der Waals surface area contributed by atoms with Gasteiger partial charge in [-0.05, 0) is 12.1 Å². The first-order chi connectivity index (χ1) is 7.24. The summed E-state index contributed by atoms with van der Waals surface area (Å²) >= 11 is 0. The maximum absolute atomic E-state index is 12.5. The summed E-state index contributed by atoms with van der Waals surface area (Å²) in [7, 11) is 0. The van der Waals surface area contributed by atoms with E-state index < -0.39 is 5.82 Å². The zero-order valence-corrected chi connectivity index (χ0v) is 8.11. The number of pyridine rings is 1. The zero-order valence-electron chi connectivity index (χ0n) is 8.11. The molecule has 5 heteroatoms. The molecule has 15 heavy (non-hydrogen) atoms. The minimum atomic E-state index is -0.463. The lowest BCUT2D eigenvalue weighted by molar-refractivity contribution is 0.0953. The average Bonchev–Trinajstić information content (AvgIpc) is 2.25. The number of hydrogen-bond donors (Lipinski definition) is 2. The molecule has 1 aromatic rings. The van der Waals surface area contributed by atoms with E-state index in [-0.39, 0.29) is 11.6 Å². The highest BCUT2D eigenvalue weighted by molar-refractivity contribution is 5.92. The van der Waals surface area contributed by atoms with Gasteiger partial charge < -0.3 is 11.1 Å². The Kier molecular flexibility index (Phi) is 4.43. The first kappa shape index (κ1) is 11.3. The summed E-state index contributed by atoms with van der Waals surface area (Å²) in [5, 5.41) is 2.59. The molecule has 1 rings (SSSR count). The molecule has 0 bridgehead atoms. The molecule has 0 aliphatic carbocycles. The lowest BCUT2D eigenvalue weighted by Gasteiger charge is -2.00. The van der Waals surface area contributed by atoms with Gasteiger partial charge in [-0.3, -0.25) is 4.79 Å². The molecule has 0 aliphatic heterocycles. The predicted molar refractivity (Wildman–Crippen MR) is 54.7 cm³/mol. The summed E-state index contributed by atoms with van der Waals surface area (Å²) < 4.78 is 12.5. The van der Waals surface area contributed by atoms with Crippen LogP contribution >= 0.6 is 0 Å². The zero-order chi connectivity index (χ0) is 11.1. The summed E-state index contributed by atoms with van der Waals surface area (Å²) in [6, 6.07) is 2.52. The van der Waals surface area contributed by atoms with Crippen LogP contribution in [0.5, 0.6) is 0 Å². The van der Waals surface area contributed by atoms with Crippen LogP contribution in [0.4, 0.5) is 4.39 Å². The Morgan fingerprint density at radius 1 is 1.53 bits per heavy atom.